The predicted molar refractivity (Wildman–Crippen MR) is 43.7 cm³/mol. The topological polar surface area (TPSA) is 44.6 Å². The SMILES string of the molecule is CNC(=NO)c1cc(F)cc(F)c1. The summed E-state index contributed by atoms with van der Waals surface area (Å²) in [6, 6.07) is 2.87. The molecule has 0 saturated carbocycles. The van der Waals surface area contributed by atoms with Crippen LogP contribution in [0.15, 0.2) is 23.4 Å². The van der Waals surface area contributed by atoms with E-state index in [1.807, 2.05) is 0 Å². The van der Waals surface area contributed by atoms with Crippen LogP contribution in [-0.2, 0) is 0 Å². The molecule has 0 atom stereocenters. The van der Waals surface area contributed by atoms with Gasteiger partial charge in [0, 0.05) is 18.7 Å². The second-order valence-electron chi connectivity index (χ2n) is 2.36. The Morgan fingerprint density at radius 1 is 1.31 bits per heavy atom. The number of hydrogen-bond donors (Lipinski definition) is 2. The third-order valence-corrected chi connectivity index (χ3v) is 1.47. The van der Waals surface area contributed by atoms with Gasteiger partial charge in [0.1, 0.15) is 11.6 Å². The van der Waals surface area contributed by atoms with E-state index in [4.69, 9.17) is 5.21 Å². The first-order valence-electron chi connectivity index (χ1n) is 3.53. The molecule has 0 aliphatic heterocycles. The van der Waals surface area contributed by atoms with E-state index in [-0.39, 0.29) is 11.4 Å². The van der Waals surface area contributed by atoms with E-state index in [1.165, 1.54) is 7.05 Å². The summed E-state index contributed by atoms with van der Waals surface area (Å²) >= 11 is 0. The Hall–Kier alpha value is -1.65. The van der Waals surface area contributed by atoms with Crippen LogP contribution in [0.5, 0.6) is 0 Å². The second kappa shape index (κ2) is 3.84. The van der Waals surface area contributed by atoms with E-state index in [2.05, 4.69) is 10.5 Å². The van der Waals surface area contributed by atoms with E-state index in [0.29, 0.717) is 0 Å². The molecule has 0 heterocycles. The lowest BCUT2D eigenvalue weighted by Crippen LogP contribution is -2.19. The van der Waals surface area contributed by atoms with Gasteiger partial charge in [-0.2, -0.15) is 0 Å². The van der Waals surface area contributed by atoms with Crippen molar-refractivity contribution in [2.24, 2.45) is 5.16 Å². The molecule has 3 nitrogen and oxygen atoms in total. The van der Waals surface area contributed by atoms with Gasteiger partial charge in [-0.3, -0.25) is 0 Å². The molecule has 1 rings (SSSR count). The first-order valence-corrected chi connectivity index (χ1v) is 3.53. The number of benzene rings is 1. The van der Waals surface area contributed by atoms with Crippen molar-refractivity contribution in [1.29, 1.82) is 0 Å². The van der Waals surface area contributed by atoms with Crippen molar-refractivity contribution >= 4 is 5.84 Å². The van der Waals surface area contributed by atoms with E-state index in [9.17, 15) is 8.78 Å². The fourth-order valence-corrected chi connectivity index (χ4v) is 0.943. The summed E-state index contributed by atoms with van der Waals surface area (Å²) in [6.45, 7) is 0. The molecule has 0 amide bonds. The highest BCUT2D eigenvalue weighted by Gasteiger charge is 2.05. The van der Waals surface area contributed by atoms with Gasteiger partial charge in [-0.05, 0) is 12.1 Å². The van der Waals surface area contributed by atoms with Gasteiger partial charge in [0.05, 0.1) is 0 Å². The van der Waals surface area contributed by atoms with Crippen LogP contribution in [0.1, 0.15) is 5.56 Å². The van der Waals surface area contributed by atoms with Crippen LogP contribution in [0.2, 0.25) is 0 Å². The van der Waals surface area contributed by atoms with Gasteiger partial charge in [-0.1, -0.05) is 5.16 Å². The average Bonchev–Trinajstić information content (AvgIpc) is 2.04. The highest BCUT2D eigenvalue weighted by Crippen LogP contribution is 2.07. The molecule has 1 aromatic carbocycles. The van der Waals surface area contributed by atoms with Gasteiger partial charge in [0.15, 0.2) is 5.84 Å². The maximum absolute atomic E-state index is 12.7. The third-order valence-electron chi connectivity index (χ3n) is 1.47. The van der Waals surface area contributed by atoms with Crippen LogP contribution in [0.4, 0.5) is 8.78 Å². The molecule has 1 aromatic rings. The molecular formula is C8H8F2N2O. The van der Waals surface area contributed by atoms with Crippen molar-refractivity contribution in [3.8, 4) is 0 Å². The average molecular weight is 186 g/mol. The minimum atomic E-state index is -0.716. The molecule has 2 N–H and O–H groups in total. The lowest BCUT2D eigenvalue weighted by atomic mass is 10.2. The lowest BCUT2D eigenvalue weighted by Gasteiger charge is -2.03. The summed E-state index contributed by atoms with van der Waals surface area (Å²) in [6.07, 6.45) is 0. The zero-order valence-corrected chi connectivity index (χ0v) is 6.88. The number of rotatable bonds is 1. The first-order chi connectivity index (χ1) is 6.17. The molecule has 0 spiro atoms. The third kappa shape index (κ3) is 2.14. The lowest BCUT2D eigenvalue weighted by molar-refractivity contribution is 0.317. The van der Waals surface area contributed by atoms with Crippen molar-refractivity contribution in [2.75, 3.05) is 7.05 Å². The van der Waals surface area contributed by atoms with Crippen LogP contribution in [0.25, 0.3) is 0 Å². The Morgan fingerprint density at radius 3 is 2.23 bits per heavy atom. The number of oxime groups is 1. The summed E-state index contributed by atoms with van der Waals surface area (Å²) in [5.74, 6) is -1.42. The Labute approximate surface area is 73.7 Å². The Kier molecular flexibility index (Phi) is 2.79. The highest BCUT2D eigenvalue weighted by molar-refractivity contribution is 5.98. The summed E-state index contributed by atoms with van der Waals surface area (Å²) in [5, 5.41) is 13.8. The Balaban J connectivity index is 3.14. The van der Waals surface area contributed by atoms with Crippen molar-refractivity contribution < 1.29 is 14.0 Å². The van der Waals surface area contributed by atoms with E-state index >= 15 is 0 Å². The molecule has 0 unspecified atom stereocenters. The maximum atomic E-state index is 12.7. The zero-order valence-electron chi connectivity index (χ0n) is 6.88. The standard InChI is InChI=1S/C8H8F2N2O/c1-11-8(12-13)5-2-6(9)4-7(10)3-5/h2-4,13H,1H3,(H,11,12). The maximum Gasteiger partial charge on any atom is 0.172 e. The number of nitrogens with one attached hydrogen (secondary N) is 1. The molecule has 0 fully saturated rings. The summed E-state index contributed by atoms with van der Waals surface area (Å²) in [7, 11) is 1.48. The van der Waals surface area contributed by atoms with Crippen LogP contribution in [0.3, 0.4) is 0 Å². The Bertz CT molecular complexity index is 319. The van der Waals surface area contributed by atoms with E-state index in [1.54, 1.807) is 0 Å². The molecule has 70 valence electrons. The molecule has 5 heteroatoms. The van der Waals surface area contributed by atoms with Crippen molar-refractivity contribution in [3.05, 3.63) is 35.4 Å². The minimum Gasteiger partial charge on any atom is -0.409 e. The molecule has 13 heavy (non-hydrogen) atoms. The van der Waals surface area contributed by atoms with Gasteiger partial charge in [-0.25, -0.2) is 8.78 Å². The first kappa shape index (κ1) is 9.44. The molecule has 0 aliphatic carbocycles. The van der Waals surface area contributed by atoms with Gasteiger partial charge in [0.2, 0.25) is 0 Å². The van der Waals surface area contributed by atoms with Crippen LogP contribution in [0, 0.1) is 11.6 Å². The molecule has 0 aliphatic rings. The van der Waals surface area contributed by atoms with E-state index < -0.39 is 11.6 Å². The minimum absolute atomic E-state index is 0.0124. The number of amidine groups is 1. The number of hydrogen-bond acceptors (Lipinski definition) is 2. The molecule has 0 saturated heterocycles. The second-order valence-corrected chi connectivity index (χ2v) is 2.36. The van der Waals surface area contributed by atoms with Gasteiger partial charge in [0.25, 0.3) is 0 Å². The summed E-state index contributed by atoms with van der Waals surface area (Å²) < 4.78 is 25.3. The normalized spacial score (nSPS) is 11.5. The zero-order chi connectivity index (χ0) is 9.84. The van der Waals surface area contributed by atoms with Crippen molar-refractivity contribution in [1.82, 2.24) is 5.32 Å². The Morgan fingerprint density at radius 2 is 1.85 bits per heavy atom. The van der Waals surface area contributed by atoms with Crippen LogP contribution >= 0.6 is 0 Å². The molecule has 0 radical (unpaired) electrons. The van der Waals surface area contributed by atoms with Gasteiger partial charge >= 0.3 is 0 Å². The fourth-order valence-electron chi connectivity index (χ4n) is 0.943. The summed E-state index contributed by atoms with van der Waals surface area (Å²) in [4.78, 5) is 0. The van der Waals surface area contributed by atoms with Crippen LogP contribution in [-0.4, -0.2) is 18.1 Å². The molecule has 0 bridgehead atoms. The molecular weight excluding hydrogens is 178 g/mol. The fraction of sp³-hybridized carbons (Fsp3) is 0.125. The largest absolute Gasteiger partial charge is 0.409 e. The predicted octanol–water partition coefficient (Wildman–Crippen LogP) is 1.32. The summed E-state index contributed by atoms with van der Waals surface area (Å²) in [5.41, 5.74) is 0.155. The highest BCUT2D eigenvalue weighted by atomic mass is 19.1. The van der Waals surface area contributed by atoms with Crippen molar-refractivity contribution in [2.45, 2.75) is 0 Å². The monoisotopic (exact) mass is 186 g/mol. The molecule has 0 aromatic heterocycles. The quantitative estimate of drug-likeness (QED) is 0.300. The number of nitrogens with zero attached hydrogens (tertiary/aromatic N) is 1. The van der Waals surface area contributed by atoms with Gasteiger partial charge < -0.3 is 10.5 Å². The number of halogens is 2. The van der Waals surface area contributed by atoms with Crippen molar-refractivity contribution in [3.63, 3.8) is 0 Å². The smallest absolute Gasteiger partial charge is 0.172 e. The van der Waals surface area contributed by atoms with Gasteiger partial charge in [-0.15, -0.1) is 0 Å². The van der Waals surface area contributed by atoms with E-state index in [0.717, 1.165) is 18.2 Å². The van der Waals surface area contributed by atoms with Crippen LogP contribution < -0.4 is 5.32 Å².